The zero-order valence-corrected chi connectivity index (χ0v) is 9.75. The smallest absolute Gasteiger partial charge is 0.0934 e. The molecule has 0 bridgehead atoms. The fraction of sp³-hybridized carbons (Fsp3) is 0.167. The summed E-state index contributed by atoms with van der Waals surface area (Å²) < 4.78 is 0.847. The summed E-state index contributed by atoms with van der Waals surface area (Å²) in [5.41, 5.74) is 5.10. The average molecular weight is 223 g/mol. The Morgan fingerprint density at radius 3 is 2.50 bits per heavy atom. The van der Waals surface area contributed by atoms with Gasteiger partial charge < -0.3 is 0 Å². The minimum Gasteiger partial charge on any atom is -0.131 e. The van der Waals surface area contributed by atoms with Gasteiger partial charge in [0.15, 0.2) is 0 Å². The van der Waals surface area contributed by atoms with Crippen LogP contribution in [0.2, 0.25) is 4.34 Å². The summed E-state index contributed by atoms with van der Waals surface area (Å²) in [6.45, 7) is 4.24. The van der Waals surface area contributed by atoms with Crippen molar-refractivity contribution in [1.82, 2.24) is 0 Å². The molecule has 1 aromatic carbocycles. The molecule has 0 fully saturated rings. The maximum absolute atomic E-state index is 5.91. The van der Waals surface area contributed by atoms with Crippen molar-refractivity contribution in [2.75, 3.05) is 0 Å². The highest BCUT2D eigenvalue weighted by atomic mass is 35.5. The van der Waals surface area contributed by atoms with Gasteiger partial charge in [-0.1, -0.05) is 35.4 Å². The molecule has 0 aliphatic heterocycles. The Bertz CT molecular complexity index is 457. The van der Waals surface area contributed by atoms with E-state index in [0.717, 1.165) is 4.34 Å². The van der Waals surface area contributed by atoms with Gasteiger partial charge in [0.25, 0.3) is 0 Å². The number of rotatable bonds is 1. The molecule has 0 saturated heterocycles. The van der Waals surface area contributed by atoms with Gasteiger partial charge in [-0.3, -0.25) is 0 Å². The molecule has 0 atom stereocenters. The van der Waals surface area contributed by atoms with Crippen molar-refractivity contribution in [2.24, 2.45) is 0 Å². The van der Waals surface area contributed by atoms with Crippen LogP contribution in [0.15, 0.2) is 29.6 Å². The monoisotopic (exact) mass is 222 g/mol. The van der Waals surface area contributed by atoms with Gasteiger partial charge in [0.2, 0.25) is 0 Å². The van der Waals surface area contributed by atoms with Gasteiger partial charge in [-0.15, -0.1) is 11.3 Å². The molecule has 0 aliphatic carbocycles. The summed E-state index contributed by atoms with van der Waals surface area (Å²) in [6, 6.07) is 8.50. The van der Waals surface area contributed by atoms with Gasteiger partial charge in [0, 0.05) is 5.38 Å². The third-order valence-corrected chi connectivity index (χ3v) is 3.35. The Morgan fingerprint density at radius 2 is 1.93 bits per heavy atom. The van der Waals surface area contributed by atoms with Gasteiger partial charge in [-0.2, -0.15) is 0 Å². The molecule has 0 aliphatic rings. The number of thiophene rings is 1. The third kappa shape index (κ3) is 1.84. The Morgan fingerprint density at radius 1 is 1.14 bits per heavy atom. The fourth-order valence-corrected chi connectivity index (χ4v) is 2.47. The second-order valence-corrected chi connectivity index (χ2v) is 5.00. The second kappa shape index (κ2) is 3.76. The molecule has 72 valence electrons. The normalized spacial score (nSPS) is 10.5. The van der Waals surface area contributed by atoms with E-state index in [9.17, 15) is 0 Å². The molecular weight excluding hydrogens is 212 g/mol. The molecule has 14 heavy (non-hydrogen) atoms. The maximum Gasteiger partial charge on any atom is 0.0934 e. The predicted molar refractivity (Wildman–Crippen MR) is 64.2 cm³/mol. The number of halogens is 1. The van der Waals surface area contributed by atoms with Crippen molar-refractivity contribution >= 4 is 22.9 Å². The summed E-state index contributed by atoms with van der Waals surface area (Å²) in [7, 11) is 0. The summed E-state index contributed by atoms with van der Waals surface area (Å²) in [5, 5.41) is 2.10. The topological polar surface area (TPSA) is 0 Å². The molecule has 0 amide bonds. The van der Waals surface area contributed by atoms with E-state index in [1.54, 1.807) is 11.3 Å². The highest BCUT2D eigenvalue weighted by Gasteiger charge is 2.03. The minimum absolute atomic E-state index is 0.847. The lowest BCUT2D eigenvalue weighted by molar-refractivity contribution is 1.39. The van der Waals surface area contributed by atoms with Gasteiger partial charge in [-0.25, -0.2) is 0 Å². The lowest BCUT2D eigenvalue weighted by Gasteiger charge is -2.03. The molecule has 0 unspecified atom stereocenters. The molecule has 2 rings (SSSR count). The Kier molecular flexibility index (Phi) is 2.62. The Hall–Kier alpha value is -0.790. The van der Waals surface area contributed by atoms with Crippen molar-refractivity contribution in [3.8, 4) is 11.1 Å². The van der Waals surface area contributed by atoms with E-state index in [4.69, 9.17) is 11.6 Å². The van der Waals surface area contributed by atoms with Gasteiger partial charge >= 0.3 is 0 Å². The van der Waals surface area contributed by atoms with E-state index >= 15 is 0 Å². The van der Waals surface area contributed by atoms with Crippen molar-refractivity contribution in [2.45, 2.75) is 13.8 Å². The number of hydrogen-bond donors (Lipinski definition) is 0. The van der Waals surface area contributed by atoms with E-state index < -0.39 is 0 Å². The van der Waals surface area contributed by atoms with Crippen LogP contribution in [0.4, 0.5) is 0 Å². The minimum atomic E-state index is 0.847. The van der Waals surface area contributed by atoms with Gasteiger partial charge in [-0.05, 0) is 36.6 Å². The largest absolute Gasteiger partial charge is 0.131 e. The first-order valence-electron chi connectivity index (χ1n) is 4.48. The molecule has 0 saturated carbocycles. The van der Waals surface area contributed by atoms with Crippen LogP contribution in [0.1, 0.15) is 11.1 Å². The van der Waals surface area contributed by atoms with Crippen molar-refractivity contribution in [1.29, 1.82) is 0 Å². The number of aryl methyl sites for hydroxylation is 2. The van der Waals surface area contributed by atoms with Crippen molar-refractivity contribution < 1.29 is 0 Å². The van der Waals surface area contributed by atoms with Crippen LogP contribution in [0, 0.1) is 13.8 Å². The zero-order chi connectivity index (χ0) is 10.1. The van der Waals surface area contributed by atoms with E-state index in [0.29, 0.717) is 0 Å². The first-order chi connectivity index (χ1) is 6.66. The van der Waals surface area contributed by atoms with Crippen LogP contribution in [0.25, 0.3) is 11.1 Å². The summed E-state index contributed by atoms with van der Waals surface area (Å²) in [4.78, 5) is 0. The maximum atomic E-state index is 5.91. The predicted octanol–water partition coefficient (Wildman–Crippen LogP) is 4.69. The SMILES string of the molecule is Cc1ccc(-c2csc(Cl)c2)c(C)c1. The highest BCUT2D eigenvalue weighted by molar-refractivity contribution is 7.14. The van der Waals surface area contributed by atoms with E-state index in [1.807, 2.05) is 6.07 Å². The zero-order valence-electron chi connectivity index (χ0n) is 8.17. The molecule has 0 N–H and O–H groups in total. The lowest BCUT2D eigenvalue weighted by atomic mass is 10.0. The Labute approximate surface area is 93.2 Å². The van der Waals surface area contributed by atoms with E-state index in [1.165, 1.54) is 22.3 Å². The third-order valence-electron chi connectivity index (χ3n) is 2.26. The fourth-order valence-electron chi connectivity index (χ4n) is 1.59. The molecule has 0 nitrogen and oxygen atoms in total. The van der Waals surface area contributed by atoms with Crippen LogP contribution in [0.5, 0.6) is 0 Å². The molecule has 1 heterocycles. The van der Waals surface area contributed by atoms with Crippen LogP contribution in [-0.4, -0.2) is 0 Å². The molecule has 0 spiro atoms. The molecule has 2 aromatic rings. The van der Waals surface area contributed by atoms with E-state index in [-0.39, 0.29) is 0 Å². The van der Waals surface area contributed by atoms with Crippen molar-refractivity contribution in [3.63, 3.8) is 0 Å². The molecule has 2 heteroatoms. The summed E-state index contributed by atoms with van der Waals surface area (Å²) in [5.74, 6) is 0. The molecular formula is C12H11ClS. The van der Waals surface area contributed by atoms with Crippen LogP contribution in [0.3, 0.4) is 0 Å². The first kappa shape index (κ1) is 9.75. The quantitative estimate of drug-likeness (QED) is 0.657. The number of hydrogen-bond acceptors (Lipinski definition) is 1. The lowest BCUT2D eigenvalue weighted by Crippen LogP contribution is -1.82. The number of benzene rings is 1. The first-order valence-corrected chi connectivity index (χ1v) is 5.74. The van der Waals surface area contributed by atoms with Gasteiger partial charge in [0.1, 0.15) is 0 Å². The summed E-state index contributed by atoms with van der Waals surface area (Å²) >= 11 is 7.49. The van der Waals surface area contributed by atoms with Crippen LogP contribution >= 0.6 is 22.9 Å². The molecule has 0 radical (unpaired) electrons. The van der Waals surface area contributed by atoms with E-state index in [2.05, 4.69) is 37.4 Å². The average Bonchev–Trinajstić information content (AvgIpc) is 2.51. The Balaban J connectivity index is 2.52. The highest BCUT2D eigenvalue weighted by Crippen LogP contribution is 2.30. The summed E-state index contributed by atoms with van der Waals surface area (Å²) in [6.07, 6.45) is 0. The van der Waals surface area contributed by atoms with Crippen molar-refractivity contribution in [3.05, 3.63) is 45.1 Å². The standard InChI is InChI=1S/C12H11ClS/c1-8-3-4-11(9(2)5-8)10-6-12(13)14-7-10/h3-7H,1-2H3. The van der Waals surface area contributed by atoms with Gasteiger partial charge in [0.05, 0.1) is 4.34 Å². The van der Waals surface area contributed by atoms with Crippen LogP contribution < -0.4 is 0 Å². The van der Waals surface area contributed by atoms with Crippen LogP contribution in [-0.2, 0) is 0 Å². The molecule has 1 aromatic heterocycles. The second-order valence-electron chi connectivity index (χ2n) is 3.46.